The molecule has 21 heavy (non-hydrogen) atoms. The molecule has 108 valence electrons. The molecule has 3 aromatic rings. The molecule has 2 aromatic heterocycles. The van der Waals surface area contributed by atoms with Crippen molar-refractivity contribution in [2.24, 2.45) is 0 Å². The van der Waals surface area contributed by atoms with Crippen LogP contribution in [0.3, 0.4) is 0 Å². The third-order valence-corrected chi connectivity index (χ3v) is 3.08. The molecular formula is C14H11F3N4. The number of nitrogens with two attached hydrogens (primary N) is 1. The van der Waals surface area contributed by atoms with Crippen LogP contribution in [0.5, 0.6) is 0 Å². The highest BCUT2D eigenvalue weighted by Crippen LogP contribution is 2.31. The van der Waals surface area contributed by atoms with Gasteiger partial charge in [0.2, 0.25) is 0 Å². The second-order valence-corrected chi connectivity index (χ2v) is 4.70. The van der Waals surface area contributed by atoms with Crippen molar-refractivity contribution in [2.45, 2.75) is 13.1 Å². The Balaban J connectivity index is 2.16. The fourth-order valence-corrected chi connectivity index (χ4v) is 2.14. The predicted octanol–water partition coefficient (Wildman–Crippen LogP) is 3.31. The van der Waals surface area contributed by atoms with Gasteiger partial charge < -0.3 is 5.73 Å². The number of fused-ring (bicyclic) bond motifs is 1. The van der Waals surface area contributed by atoms with E-state index in [1.165, 1.54) is 12.1 Å². The van der Waals surface area contributed by atoms with Gasteiger partial charge in [-0.15, -0.1) is 0 Å². The summed E-state index contributed by atoms with van der Waals surface area (Å²) in [5, 5.41) is 4.28. The van der Waals surface area contributed by atoms with E-state index >= 15 is 0 Å². The minimum absolute atomic E-state index is 0.289. The van der Waals surface area contributed by atoms with Crippen molar-refractivity contribution in [2.75, 3.05) is 5.73 Å². The van der Waals surface area contributed by atoms with Crippen LogP contribution in [0.4, 0.5) is 19.0 Å². The monoisotopic (exact) mass is 292 g/mol. The van der Waals surface area contributed by atoms with Gasteiger partial charge in [-0.2, -0.15) is 18.3 Å². The van der Waals surface area contributed by atoms with Gasteiger partial charge in [0.05, 0.1) is 17.0 Å². The van der Waals surface area contributed by atoms with Gasteiger partial charge in [0.15, 0.2) is 5.65 Å². The first-order valence-electron chi connectivity index (χ1n) is 6.15. The Kier molecular flexibility index (Phi) is 2.86. The second kappa shape index (κ2) is 4.47. The highest BCUT2D eigenvalue weighted by molar-refractivity contribution is 5.66. The first-order chi connectivity index (χ1) is 9.84. The number of aryl methyl sites for hydroxylation is 1. The minimum atomic E-state index is -4.35. The molecule has 0 aliphatic rings. The molecule has 0 saturated carbocycles. The summed E-state index contributed by atoms with van der Waals surface area (Å²) in [6.07, 6.45) is -4.35. The number of hydrogen-bond donors (Lipinski definition) is 1. The van der Waals surface area contributed by atoms with E-state index in [2.05, 4.69) is 10.1 Å². The van der Waals surface area contributed by atoms with E-state index in [9.17, 15) is 13.2 Å². The van der Waals surface area contributed by atoms with Gasteiger partial charge in [0.25, 0.3) is 0 Å². The number of anilines is 1. The summed E-state index contributed by atoms with van der Waals surface area (Å²) in [6.45, 7) is 1.81. The maximum atomic E-state index is 12.6. The lowest BCUT2D eigenvalue weighted by molar-refractivity contribution is -0.137. The summed E-state index contributed by atoms with van der Waals surface area (Å²) < 4.78 is 39.3. The molecule has 0 fully saturated rings. The first kappa shape index (κ1) is 13.4. The van der Waals surface area contributed by atoms with Crippen LogP contribution in [0.2, 0.25) is 0 Å². The van der Waals surface area contributed by atoms with Crippen molar-refractivity contribution in [3.05, 3.63) is 47.7 Å². The summed E-state index contributed by atoms with van der Waals surface area (Å²) in [6, 6.07) is 8.20. The summed E-state index contributed by atoms with van der Waals surface area (Å²) in [4.78, 5) is 4.14. The van der Waals surface area contributed by atoms with Gasteiger partial charge in [0.1, 0.15) is 5.82 Å². The van der Waals surface area contributed by atoms with Gasteiger partial charge in [-0.3, -0.25) is 0 Å². The van der Waals surface area contributed by atoms with E-state index in [0.717, 1.165) is 17.8 Å². The molecule has 0 bridgehead atoms. The maximum Gasteiger partial charge on any atom is 0.416 e. The lowest BCUT2D eigenvalue weighted by atomic mass is 10.1. The number of alkyl halides is 3. The Hall–Kier alpha value is -2.57. The van der Waals surface area contributed by atoms with E-state index < -0.39 is 11.7 Å². The van der Waals surface area contributed by atoms with Crippen LogP contribution in [0.25, 0.3) is 16.9 Å². The van der Waals surface area contributed by atoms with E-state index in [4.69, 9.17) is 5.73 Å². The summed E-state index contributed by atoms with van der Waals surface area (Å²) in [5.41, 5.74) is 7.54. The molecule has 0 unspecified atom stereocenters. The zero-order valence-electron chi connectivity index (χ0n) is 11.0. The smallest absolute Gasteiger partial charge is 0.384 e. The number of halogens is 3. The van der Waals surface area contributed by atoms with E-state index in [1.54, 1.807) is 23.6 Å². The average Bonchev–Trinajstić information content (AvgIpc) is 2.77. The van der Waals surface area contributed by atoms with Gasteiger partial charge in [-0.1, -0.05) is 12.1 Å². The fraction of sp³-hybridized carbons (Fsp3) is 0.143. The highest BCUT2D eigenvalue weighted by Gasteiger charge is 2.30. The molecule has 2 N–H and O–H groups in total. The summed E-state index contributed by atoms with van der Waals surface area (Å²) in [7, 11) is 0. The Morgan fingerprint density at radius 3 is 2.38 bits per heavy atom. The van der Waals surface area contributed by atoms with Crippen molar-refractivity contribution < 1.29 is 13.2 Å². The number of rotatable bonds is 1. The van der Waals surface area contributed by atoms with Crippen molar-refractivity contribution in [1.82, 2.24) is 14.6 Å². The molecule has 0 aliphatic carbocycles. The molecule has 0 aliphatic heterocycles. The van der Waals surface area contributed by atoms with Crippen LogP contribution in [-0.2, 0) is 6.18 Å². The predicted molar refractivity (Wildman–Crippen MR) is 72.6 cm³/mol. The molecule has 0 spiro atoms. The summed E-state index contributed by atoms with van der Waals surface area (Å²) in [5.74, 6) is 0.289. The molecule has 2 heterocycles. The normalized spacial score (nSPS) is 12.0. The molecule has 4 nitrogen and oxygen atoms in total. The van der Waals surface area contributed by atoms with E-state index in [-0.39, 0.29) is 5.82 Å². The topological polar surface area (TPSA) is 56.2 Å². The van der Waals surface area contributed by atoms with Crippen molar-refractivity contribution in [3.8, 4) is 11.3 Å². The Morgan fingerprint density at radius 1 is 1.10 bits per heavy atom. The molecule has 0 radical (unpaired) electrons. The minimum Gasteiger partial charge on any atom is -0.384 e. The number of benzene rings is 1. The van der Waals surface area contributed by atoms with Crippen LogP contribution in [0, 0.1) is 6.92 Å². The van der Waals surface area contributed by atoms with Crippen molar-refractivity contribution in [1.29, 1.82) is 0 Å². The zero-order chi connectivity index (χ0) is 15.2. The zero-order valence-corrected chi connectivity index (χ0v) is 11.0. The van der Waals surface area contributed by atoms with Crippen LogP contribution in [-0.4, -0.2) is 14.6 Å². The fourth-order valence-electron chi connectivity index (χ4n) is 2.14. The molecule has 0 atom stereocenters. The first-order valence-corrected chi connectivity index (χ1v) is 6.15. The van der Waals surface area contributed by atoms with Crippen LogP contribution < -0.4 is 5.73 Å². The lowest BCUT2D eigenvalue weighted by Gasteiger charge is -2.09. The Bertz CT molecular complexity index is 803. The number of nitrogen functional groups attached to an aromatic ring is 1. The molecule has 1 aromatic carbocycles. The number of nitrogens with zero attached hydrogens (tertiary/aromatic N) is 3. The maximum absolute atomic E-state index is 12.6. The van der Waals surface area contributed by atoms with Crippen molar-refractivity contribution in [3.63, 3.8) is 0 Å². The van der Waals surface area contributed by atoms with Crippen LogP contribution in [0.15, 0.2) is 36.4 Å². The van der Waals surface area contributed by atoms with Gasteiger partial charge >= 0.3 is 6.18 Å². The standard InChI is InChI=1S/C14H11F3N4/c1-8-6-13-19-12(18)7-11(21(13)20-8)9-2-4-10(5-3-9)14(15,16)17/h2-7H,1H3,(H2,18,19). The third kappa shape index (κ3) is 2.42. The van der Waals surface area contributed by atoms with Crippen LogP contribution >= 0.6 is 0 Å². The van der Waals surface area contributed by atoms with Crippen molar-refractivity contribution >= 4 is 11.5 Å². The highest BCUT2D eigenvalue weighted by atomic mass is 19.4. The van der Waals surface area contributed by atoms with Gasteiger partial charge in [0, 0.05) is 17.7 Å². The molecule has 0 amide bonds. The SMILES string of the molecule is Cc1cc2nc(N)cc(-c3ccc(C(F)(F)F)cc3)n2n1. The Labute approximate surface area is 118 Å². The lowest BCUT2D eigenvalue weighted by Crippen LogP contribution is -2.05. The van der Waals surface area contributed by atoms with E-state index in [0.29, 0.717) is 16.9 Å². The van der Waals surface area contributed by atoms with Crippen LogP contribution in [0.1, 0.15) is 11.3 Å². The quantitative estimate of drug-likeness (QED) is 0.748. The number of aromatic nitrogens is 3. The third-order valence-electron chi connectivity index (χ3n) is 3.08. The van der Waals surface area contributed by atoms with Gasteiger partial charge in [-0.05, 0) is 19.1 Å². The molecular weight excluding hydrogens is 281 g/mol. The second-order valence-electron chi connectivity index (χ2n) is 4.70. The average molecular weight is 292 g/mol. The number of hydrogen-bond acceptors (Lipinski definition) is 3. The van der Waals surface area contributed by atoms with Gasteiger partial charge in [-0.25, -0.2) is 9.50 Å². The molecule has 3 rings (SSSR count). The molecule has 7 heteroatoms. The van der Waals surface area contributed by atoms with E-state index in [1.807, 2.05) is 0 Å². The summed E-state index contributed by atoms with van der Waals surface area (Å²) >= 11 is 0. The largest absolute Gasteiger partial charge is 0.416 e. The molecule has 0 saturated heterocycles. The Morgan fingerprint density at radius 2 is 1.76 bits per heavy atom.